The summed E-state index contributed by atoms with van der Waals surface area (Å²) in [6.45, 7) is 0.919. The minimum absolute atomic E-state index is 0.919. The molecule has 2 rings (SSSR count). The van der Waals surface area contributed by atoms with E-state index in [-0.39, 0.29) is 0 Å². The molecule has 0 saturated heterocycles. The van der Waals surface area contributed by atoms with E-state index in [1.165, 1.54) is 14.4 Å². The fourth-order valence-corrected chi connectivity index (χ4v) is 3.01. The summed E-state index contributed by atoms with van der Waals surface area (Å²) in [4.78, 5) is 2.25. The van der Waals surface area contributed by atoms with E-state index in [4.69, 9.17) is 0 Å². The number of hydrogen-bond acceptors (Lipinski definition) is 3. The van der Waals surface area contributed by atoms with E-state index in [2.05, 4.69) is 69.6 Å². The maximum Gasteiger partial charge on any atom is 0.0920 e. The minimum atomic E-state index is 0.919. The highest BCUT2D eigenvalue weighted by Gasteiger charge is 2.05. The lowest BCUT2D eigenvalue weighted by molar-refractivity contribution is 0.935. The summed E-state index contributed by atoms with van der Waals surface area (Å²) >= 11 is 5.24. The predicted molar refractivity (Wildman–Crippen MR) is 80.1 cm³/mol. The lowest BCUT2D eigenvalue weighted by atomic mass is 10.2. The van der Waals surface area contributed by atoms with Gasteiger partial charge >= 0.3 is 0 Å². The molecule has 1 aromatic heterocycles. The van der Waals surface area contributed by atoms with Crippen LogP contribution >= 0.6 is 27.3 Å². The second kappa shape index (κ2) is 5.56. The largest absolute Gasteiger partial charge is 0.388 e. The molecule has 17 heavy (non-hydrogen) atoms. The second-order valence-electron chi connectivity index (χ2n) is 3.88. The SMILES string of the molecule is CNc1cccc(CN(C)c2ccc(Br)s2)c1. The normalized spacial score (nSPS) is 10.3. The Labute approximate surface area is 114 Å². The molecule has 0 radical (unpaired) electrons. The molecule has 2 aromatic rings. The van der Waals surface area contributed by atoms with Crippen LogP contribution in [-0.2, 0) is 6.54 Å². The summed E-state index contributed by atoms with van der Waals surface area (Å²) in [5.74, 6) is 0. The van der Waals surface area contributed by atoms with Crippen molar-refractivity contribution in [3.05, 3.63) is 45.7 Å². The molecule has 1 heterocycles. The lowest BCUT2D eigenvalue weighted by Crippen LogP contribution is -2.14. The lowest BCUT2D eigenvalue weighted by Gasteiger charge is -2.17. The van der Waals surface area contributed by atoms with Gasteiger partial charge in [0.05, 0.1) is 8.79 Å². The summed E-state index contributed by atoms with van der Waals surface area (Å²) in [5, 5.41) is 4.43. The molecule has 0 atom stereocenters. The number of hydrogen-bond donors (Lipinski definition) is 1. The summed E-state index contributed by atoms with van der Waals surface area (Å²) in [5.41, 5.74) is 2.46. The number of anilines is 2. The van der Waals surface area contributed by atoms with Crippen molar-refractivity contribution >= 4 is 38.0 Å². The topological polar surface area (TPSA) is 15.3 Å². The van der Waals surface area contributed by atoms with Crippen LogP contribution in [0.1, 0.15) is 5.56 Å². The van der Waals surface area contributed by atoms with Crippen molar-refractivity contribution in [3.8, 4) is 0 Å². The first-order valence-corrected chi connectivity index (χ1v) is 7.03. The summed E-state index contributed by atoms with van der Waals surface area (Å²) in [6, 6.07) is 12.7. The van der Waals surface area contributed by atoms with Crippen molar-refractivity contribution in [2.24, 2.45) is 0 Å². The van der Waals surface area contributed by atoms with Crippen LogP contribution in [-0.4, -0.2) is 14.1 Å². The number of thiophene rings is 1. The summed E-state index contributed by atoms with van der Waals surface area (Å²) in [7, 11) is 4.06. The molecule has 4 heteroatoms. The Morgan fingerprint density at radius 1 is 1.29 bits per heavy atom. The van der Waals surface area contributed by atoms with Gasteiger partial charge in [0, 0.05) is 26.3 Å². The van der Waals surface area contributed by atoms with E-state index in [1.54, 1.807) is 11.3 Å². The molecule has 1 N–H and O–H groups in total. The van der Waals surface area contributed by atoms with E-state index in [0.717, 1.165) is 12.2 Å². The maximum absolute atomic E-state index is 3.49. The molecular weight excluding hydrogens is 296 g/mol. The first-order valence-electron chi connectivity index (χ1n) is 5.42. The van der Waals surface area contributed by atoms with Crippen molar-refractivity contribution in [3.63, 3.8) is 0 Å². The molecule has 0 fully saturated rings. The monoisotopic (exact) mass is 310 g/mol. The van der Waals surface area contributed by atoms with Gasteiger partial charge in [-0.3, -0.25) is 0 Å². The van der Waals surface area contributed by atoms with E-state index in [1.807, 2.05) is 7.05 Å². The third-order valence-electron chi connectivity index (χ3n) is 2.57. The number of nitrogens with zero attached hydrogens (tertiary/aromatic N) is 1. The van der Waals surface area contributed by atoms with Gasteiger partial charge in [-0.05, 0) is 45.8 Å². The molecule has 0 bridgehead atoms. The maximum atomic E-state index is 3.49. The molecule has 0 aliphatic rings. The molecule has 0 saturated carbocycles. The van der Waals surface area contributed by atoms with Crippen molar-refractivity contribution < 1.29 is 0 Å². The standard InChI is InChI=1S/C13H15BrN2S/c1-15-11-5-3-4-10(8-11)9-16(2)13-7-6-12(14)17-13/h3-8,15H,9H2,1-2H3. The Hall–Kier alpha value is -1.000. The van der Waals surface area contributed by atoms with Crippen molar-refractivity contribution in [2.45, 2.75) is 6.54 Å². The number of benzene rings is 1. The second-order valence-corrected chi connectivity index (χ2v) is 6.33. The smallest absolute Gasteiger partial charge is 0.0920 e. The van der Waals surface area contributed by atoms with Crippen LogP contribution < -0.4 is 10.2 Å². The van der Waals surface area contributed by atoms with Crippen molar-refractivity contribution in [1.29, 1.82) is 0 Å². The molecule has 1 aromatic carbocycles. The number of nitrogens with one attached hydrogen (secondary N) is 1. The van der Waals surface area contributed by atoms with Crippen LogP contribution in [0.4, 0.5) is 10.7 Å². The van der Waals surface area contributed by atoms with E-state index < -0.39 is 0 Å². The third-order valence-corrected chi connectivity index (χ3v) is 4.31. The van der Waals surface area contributed by atoms with Gasteiger partial charge in [-0.1, -0.05) is 12.1 Å². The van der Waals surface area contributed by atoms with Gasteiger partial charge in [0.25, 0.3) is 0 Å². The first kappa shape index (κ1) is 12.5. The highest BCUT2D eigenvalue weighted by atomic mass is 79.9. The molecule has 0 unspecified atom stereocenters. The van der Waals surface area contributed by atoms with Gasteiger partial charge in [-0.15, -0.1) is 11.3 Å². The predicted octanol–water partition coefficient (Wildman–Crippen LogP) is 4.19. The van der Waals surface area contributed by atoms with Gasteiger partial charge in [0.1, 0.15) is 0 Å². The summed E-state index contributed by atoms with van der Waals surface area (Å²) in [6.07, 6.45) is 0. The van der Waals surface area contributed by atoms with Gasteiger partial charge in [0.2, 0.25) is 0 Å². The molecule has 90 valence electrons. The number of rotatable bonds is 4. The Morgan fingerprint density at radius 3 is 2.76 bits per heavy atom. The molecule has 0 amide bonds. The van der Waals surface area contributed by atoms with E-state index in [0.29, 0.717) is 0 Å². The fraction of sp³-hybridized carbons (Fsp3) is 0.231. The molecule has 0 aliphatic heterocycles. The van der Waals surface area contributed by atoms with E-state index >= 15 is 0 Å². The third kappa shape index (κ3) is 3.23. The van der Waals surface area contributed by atoms with Gasteiger partial charge < -0.3 is 10.2 Å². The van der Waals surface area contributed by atoms with Crippen molar-refractivity contribution in [2.75, 3.05) is 24.3 Å². The zero-order chi connectivity index (χ0) is 12.3. The number of halogens is 1. The average Bonchev–Trinajstić information content (AvgIpc) is 2.76. The zero-order valence-corrected chi connectivity index (χ0v) is 12.3. The Morgan fingerprint density at radius 2 is 2.12 bits per heavy atom. The quantitative estimate of drug-likeness (QED) is 0.911. The Bertz CT molecular complexity index is 496. The molecule has 2 nitrogen and oxygen atoms in total. The van der Waals surface area contributed by atoms with E-state index in [9.17, 15) is 0 Å². The Kier molecular flexibility index (Phi) is 4.07. The Balaban J connectivity index is 2.09. The fourth-order valence-electron chi connectivity index (χ4n) is 1.69. The molecule has 0 aliphatic carbocycles. The van der Waals surface area contributed by atoms with Crippen LogP contribution in [0.2, 0.25) is 0 Å². The van der Waals surface area contributed by atoms with Crippen LogP contribution in [0, 0.1) is 0 Å². The van der Waals surface area contributed by atoms with Crippen LogP contribution in [0.15, 0.2) is 40.2 Å². The zero-order valence-electron chi connectivity index (χ0n) is 9.90. The van der Waals surface area contributed by atoms with Gasteiger partial charge in [0.15, 0.2) is 0 Å². The van der Waals surface area contributed by atoms with Gasteiger partial charge in [-0.25, -0.2) is 0 Å². The van der Waals surface area contributed by atoms with Gasteiger partial charge in [-0.2, -0.15) is 0 Å². The highest BCUT2D eigenvalue weighted by Crippen LogP contribution is 2.30. The highest BCUT2D eigenvalue weighted by molar-refractivity contribution is 9.11. The van der Waals surface area contributed by atoms with Crippen molar-refractivity contribution in [1.82, 2.24) is 0 Å². The van der Waals surface area contributed by atoms with Crippen LogP contribution in [0.3, 0.4) is 0 Å². The summed E-state index contributed by atoms with van der Waals surface area (Å²) < 4.78 is 1.17. The first-order chi connectivity index (χ1) is 8.19. The molecule has 0 spiro atoms. The molecular formula is C13H15BrN2S. The van der Waals surface area contributed by atoms with Crippen LogP contribution in [0.25, 0.3) is 0 Å². The minimum Gasteiger partial charge on any atom is -0.388 e. The average molecular weight is 311 g/mol. The van der Waals surface area contributed by atoms with Crippen LogP contribution in [0.5, 0.6) is 0 Å².